The van der Waals surface area contributed by atoms with Gasteiger partial charge < -0.3 is 9.90 Å². The van der Waals surface area contributed by atoms with Crippen molar-refractivity contribution in [3.63, 3.8) is 0 Å². The molecule has 0 bridgehead atoms. The lowest BCUT2D eigenvalue weighted by Gasteiger charge is -2.02. The Kier molecular flexibility index (Phi) is 3.50. The van der Waals surface area contributed by atoms with Crippen LogP contribution in [0.5, 0.6) is 0 Å². The van der Waals surface area contributed by atoms with Gasteiger partial charge in [-0.15, -0.1) is 0 Å². The molecule has 0 aliphatic heterocycles. The molecule has 0 aromatic carbocycles. The van der Waals surface area contributed by atoms with Crippen molar-refractivity contribution in [1.82, 2.24) is 4.57 Å². The van der Waals surface area contributed by atoms with E-state index in [0.29, 0.717) is 18.7 Å². The highest BCUT2D eigenvalue weighted by molar-refractivity contribution is 5.83. The standard InChI is InChI=1S/C11H18N2O2/c1-5-8-10(11(14)15)13(7-3)9(6-2)12(8)4/h5-7H2,1-4H3. The fourth-order valence-corrected chi connectivity index (χ4v) is 2.18. The highest BCUT2D eigenvalue weighted by Crippen LogP contribution is 2.09. The second-order valence-electron chi connectivity index (χ2n) is 3.51. The van der Waals surface area contributed by atoms with Gasteiger partial charge in [0.15, 0.2) is 11.4 Å². The van der Waals surface area contributed by atoms with Crippen LogP contribution in [-0.2, 0) is 26.4 Å². The summed E-state index contributed by atoms with van der Waals surface area (Å²) in [6.07, 6.45) is 1.53. The van der Waals surface area contributed by atoms with Crippen molar-refractivity contribution in [3.8, 4) is 0 Å². The van der Waals surface area contributed by atoms with Gasteiger partial charge in [-0.05, 0) is 6.92 Å². The summed E-state index contributed by atoms with van der Waals surface area (Å²) in [6.45, 7) is 6.60. The van der Waals surface area contributed by atoms with E-state index in [9.17, 15) is 9.90 Å². The van der Waals surface area contributed by atoms with E-state index in [1.165, 1.54) is 0 Å². The molecule has 0 atom stereocenters. The lowest BCUT2D eigenvalue weighted by atomic mass is 10.2. The number of hydrogen-bond donors (Lipinski definition) is 0. The van der Waals surface area contributed by atoms with E-state index in [4.69, 9.17) is 0 Å². The molecule has 0 N–H and O–H groups in total. The van der Waals surface area contributed by atoms with Crippen LogP contribution in [0.1, 0.15) is 42.8 Å². The van der Waals surface area contributed by atoms with Gasteiger partial charge in [-0.3, -0.25) is 0 Å². The molecule has 0 saturated heterocycles. The zero-order valence-corrected chi connectivity index (χ0v) is 9.83. The molecule has 4 heteroatoms. The Morgan fingerprint density at radius 2 is 1.93 bits per heavy atom. The number of aromatic carboxylic acids is 1. The summed E-state index contributed by atoms with van der Waals surface area (Å²) >= 11 is 0. The van der Waals surface area contributed by atoms with Crippen LogP contribution < -0.4 is 9.67 Å². The lowest BCUT2D eigenvalue weighted by Crippen LogP contribution is -2.45. The van der Waals surface area contributed by atoms with E-state index in [1.54, 1.807) is 0 Å². The van der Waals surface area contributed by atoms with E-state index in [2.05, 4.69) is 0 Å². The fourth-order valence-electron chi connectivity index (χ4n) is 2.18. The largest absolute Gasteiger partial charge is 0.541 e. The van der Waals surface area contributed by atoms with Crippen LogP contribution in [0.2, 0.25) is 0 Å². The van der Waals surface area contributed by atoms with E-state index in [0.717, 1.165) is 17.9 Å². The maximum atomic E-state index is 11.1. The number of imidazole rings is 1. The maximum Gasteiger partial charge on any atom is 0.256 e. The number of carbonyl (C=O) groups excluding carboxylic acids is 1. The van der Waals surface area contributed by atoms with Crippen molar-refractivity contribution in [2.45, 2.75) is 40.2 Å². The minimum absolute atomic E-state index is 0.333. The van der Waals surface area contributed by atoms with Gasteiger partial charge in [0, 0.05) is 12.8 Å². The molecule has 4 nitrogen and oxygen atoms in total. The zero-order chi connectivity index (χ0) is 11.6. The molecule has 1 heterocycles. The molecule has 84 valence electrons. The Bertz CT molecular complexity index is 380. The average molecular weight is 210 g/mol. The van der Waals surface area contributed by atoms with Crippen LogP contribution in [0.25, 0.3) is 0 Å². The van der Waals surface area contributed by atoms with Gasteiger partial charge in [0.05, 0.1) is 13.6 Å². The average Bonchev–Trinajstić information content (AvgIpc) is 2.49. The van der Waals surface area contributed by atoms with Crippen molar-refractivity contribution in [2.24, 2.45) is 7.05 Å². The van der Waals surface area contributed by atoms with Gasteiger partial charge in [-0.25, -0.2) is 9.13 Å². The highest BCUT2D eigenvalue weighted by Gasteiger charge is 2.25. The first-order valence-corrected chi connectivity index (χ1v) is 5.39. The number of nitrogens with zero attached hydrogens (tertiary/aromatic N) is 2. The molecule has 1 aromatic heterocycles. The summed E-state index contributed by atoms with van der Waals surface area (Å²) in [5.41, 5.74) is 1.17. The Morgan fingerprint density at radius 3 is 2.27 bits per heavy atom. The van der Waals surface area contributed by atoms with Crippen molar-refractivity contribution in [2.75, 3.05) is 0 Å². The quantitative estimate of drug-likeness (QED) is 0.647. The van der Waals surface area contributed by atoms with Gasteiger partial charge >= 0.3 is 0 Å². The topological polar surface area (TPSA) is 48.9 Å². The molecule has 1 rings (SSSR count). The minimum Gasteiger partial charge on any atom is -0.541 e. The number of carbonyl (C=O) groups is 1. The van der Waals surface area contributed by atoms with Crippen molar-refractivity contribution in [3.05, 3.63) is 17.2 Å². The molecule has 0 aliphatic rings. The Labute approximate surface area is 90.2 Å². The number of hydrogen-bond acceptors (Lipinski definition) is 2. The SMILES string of the molecule is CCc1c(C(=O)[O-])[n+](CC)c(CC)n1C. The third kappa shape index (κ3) is 1.76. The first-order chi connectivity index (χ1) is 7.08. The van der Waals surface area contributed by atoms with E-state index in [-0.39, 0.29) is 0 Å². The predicted molar refractivity (Wildman–Crippen MR) is 54.4 cm³/mol. The Morgan fingerprint density at radius 1 is 1.33 bits per heavy atom. The van der Waals surface area contributed by atoms with Gasteiger partial charge in [0.2, 0.25) is 0 Å². The Hall–Kier alpha value is -1.32. The van der Waals surface area contributed by atoms with Gasteiger partial charge in [0.1, 0.15) is 5.97 Å². The molecule has 0 unspecified atom stereocenters. The molecule has 1 aromatic rings. The molecular weight excluding hydrogens is 192 g/mol. The minimum atomic E-state index is -1.08. The van der Waals surface area contributed by atoms with Gasteiger partial charge in [-0.2, -0.15) is 0 Å². The third-order valence-electron chi connectivity index (χ3n) is 2.81. The second kappa shape index (κ2) is 4.47. The zero-order valence-electron chi connectivity index (χ0n) is 9.83. The summed E-state index contributed by atoms with van der Waals surface area (Å²) < 4.78 is 3.79. The summed E-state index contributed by atoms with van der Waals surface area (Å²) in [7, 11) is 1.91. The summed E-state index contributed by atoms with van der Waals surface area (Å²) in [5, 5.41) is 11.1. The van der Waals surface area contributed by atoms with E-state index >= 15 is 0 Å². The second-order valence-corrected chi connectivity index (χ2v) is 3.51. The predicted octanol–water partition coefficient (Wildman–Crippen LogP) is -0.179. The fraction of sp³-hybridized carbons (Fsp3) is 0.636. The van der Waals surface area contributed by atoms with Crippen molar-refractivity contribution < 1.29 is 14.5 Å². The summed E-state index contributed by atoms with van der Waals surface area (Å²) in [6, 6.07) is 0. The van der Waals surface area contributed by atoms with Crippen LogP contribution in [0, 0.1) is 0 Å². The first-order valence-electron chi connectivity index (χ1n) is 5.39. The molecule has 0 aliphatic carbocycles. The van der Waals surface area contributed by atoms with Crippen LogP contribution in [0.15, 0.2) is 0 Å². The monoisotopic (exact) mass is 210 g/mol. The van der Waals surface area contributed by atoms with Crippen LogP contribution >= 0.6 is 0 Å². The molecule has 0 saturated carbocycles. The van der Waals surface area contributed by atoms with Crippen LogP contribution in [-0.4, -0.2) is 10.5 Å². The molecule has 15 heavy (non-hydrogen) atoms. The number of rotatable bonds is 4. The van der Waals surface area contributed by atoms with Crippen molar-refractivity contribution in [1.29, 1.82) is 0 Å². The normalized spacial score (nSPS) is 10.7. The van der Waals surface area contributed by atoms with Gasteiger partial charge in [-0.1, -0.05) is 13.8 Å². The first kappa shape index (κ1) is 11.8. The van der Waals surface area contributed by atoms with Crippen molar-refractivity contribution >= 4 is 5.97 Å². The number of carboxylic acids is 1. The van der Waals surface area contributed by atoms with E-state index < -0.39 is 5.97 Å². The molecule has 0 radical (unpaired) electrons. The molecular formula is C11H18N2O2. The summed E-state index contributed by atoms with van der Waals surface area (Å²) in [4.78, 5) is 11.1. The smallest absolute Gasteiger partial charge is 0.256 e. The van der Waals surface area contributed by atoms with Crippen LogP contribution in [0.4, 0.5) is 0 Å². The maximum absolute atomic E-state index is 11.1. The molecule has 0 spiro atoms. The molecule has 0 fully saturated rings. The molecule has 0 amide bonds. The van der Waals surface area contributed by atoms with Gasteiger partial charge in [0.25, 0.3) is 5.82 Å². The third-order valence-corrected chi connectivity index (χ3v) is 2.81. The Balaban J connectivity index is 3.51. The summed E-state index contributed by atoms with van der Waals surface area (Å²) in [5.74, 6) is -0.0439. The van der Waals surface area contributed by atoms with Crippen LogP contribution in [0.3, 0.4) is 0 Å². The number of carboxylic acid groups (broad SMARTS) is 1. The lowest BCUT2D eigenvalue weighted by molar-refractivity contribution is -0.704. The van der Waals surface area contributed by atoms with E-state index in [1.807, 2.05) is 37.0 Å². The number of aromatic nitrogens is 2. The highest BCUT2D eigenvalue weighted by atomic mass is 16.4.